The van der Waals surface area contributed by atoms with Crippen LogP contribution < -0.4 is 9.80 Å². The fraction of sp³-hybridized carbons (Fsp3) is 0. The van der Waals surface area contributed by atoms with E-state index in [0.717, 1.165) is 50.9 Å². The molecule has 0 spiro atoms. The summed E-state index contributed by atoms with van der Waals surface area (Å²) in [7, 11) is 0. The molecule has 0 aliphatic heterocycles. The number of nitrogens with zero attached hydrogens (tertiary/aromatic N) is 3. The number of para-hydroxylation sites is 5. The van der Waals surface area contributed by atoms with Gasteiger partial charge in [0, 0.05) is 55.8 Å². The largest absolute Gasteiger partial charge is 0.310 e. The Morgan fingerprint density at radius 2 is 0.763 bits per heavy atom. The van der Waals surface area contributed by atoms with Gasteiger partial charge in [0.25, 0.3) is 0 Å². The molecule has 0 aliphatic rings. The summed E-state index contributed by atoms with van der Waals surface area (Å²) in [5.74, 6) is 0. The maximum atomic E-state index is 2.47. The molecule has 0 saturated heterocycles. The molecule has 0 saturated carbocycles. The lowest BCUT2D eigenvalue weighted by Gasteiger charge is -2.30. The minimum atomic E-state index is 1.07. The molecule has 0 bridgehead atoms. The zero-order chi connectivity index (χ0) is 39.1. The molecule has 59 heavy (non-hydrogen) atoms. The first-order valence-corrected chi connectivity index (χ1v) is 20.2. The fourth-order valence-electron chi connectivity index (χ4n) is 8.96. The van der Waals surface area contributed by atoms with Crippen molar-refractivity contribution in [3.63, 3.8) is 0 Å². The third-order valence-electron chi connectivity index (χ3n) is 11.5. The van der Waals surface area contributed by atoms with Crippen LogP contribution in [-0.2, 0) is 0 Å². The van der Waals surface area contributed by atoms with Crippen molar-refractivity contribution in [2.24, 2.45) is 0 Å². The van der Waals surface area contributed by atoms with Crippen LogP contribution >= 0.6 is 0 Å². The van der Waals surface area contributed by atoms with Crippen LogP contribution in [0.4, 0.5) is 34.1 Å². The second-order valence-electron chi connectivity index (χ2n) is 14.9. The molecule has 1 aromatic heterocycles. The lowest BCUT2D eigenvalue weighted by atomic mass is 9.95. The quantitative estimate of drug-likeness (QED) is 0.143. The molecule has 0 amide bonds. The molecule has 11 aromatic rings. The van der Waals surface area contributed by atoms with Gasteiger partial charge < -0.3 is 14.4 Å². The monoisotopic (exact) mass is 753 g/mol. The summed E-state index contributed by atoms with van der Waals surface area (Å²) >= 11 is 0. The number of hydrogen-bond donors (Lipinski definition) is 0. The number of fused-ring (bicyclic) bond motifs is 8. The molecule has 3 heteroatoms. The van der Waals surface area contributed by atoms with Gasteiger partial charge in [0.1, 0.15) is 0 Å². The summed E-state index contributed by atoms with van der Waals surface area (Å²) < 4.78 is 2.47. The van der Waals surface area contributed by atoms with E-state index in [1.807, 2.05) is 0 Å². The Morgan fingerprint density at radius 1 is 0.305 bits per heavy atom. The summed E-state index contributed by atoms with van der Waals surface area (Å²) in [5.41, 5.74) is 12.3. The number of benzene rings is 10. The minimum absolute atomic E-state index is 1.07. The van der Waals surface area contributed by atoms with E-state index in [2.05, 4.69) is 251 Å². The Balaban J connectivity index is 1.25. The van der Waals surface area contributed by atoms with E-state index in [9.17, 15) is 0 Å². The van der Waals surface area contributed by atoms with Crippen molar-refractivity contribution in [3.05, 3.63) is 237 Å². The van der Waals surface area contributed by atoms with Crippen molar-refractivity contribution >= 4 is 77.5 Å². The lowest BCUT2D eigenvalue weighted by molar-refractivity contribution is 1.19. The third kappa shape index (κ3) is 5.91. The highest BCUT2D eigenvalue weighted by atomic mass is 15.2. The zero-order valence-corrected chi connectivity index (χ0v) is 32.4. The normalized spacial score (nSPS) is 11.4. The first-order valence-electron chi connectivity index (χ1n) is 20.2. The van der Waals surface area contributed by atoms with Crippen molar-refractivity contribution in [2.75, 3.05) is 9.80 Å². The average Bonchev–Trinajstić information content (AvgIpc) is 3.66. The van der Waals surface area contributed by atoms with Gasteiger partial charge in [-0.15, -0.1) is 0 Å². The minimum Gasteiger partial charge on any atom is -0.310 e. The maximum Gasteiger partial charge on any atom is 0.0625 e. The van der Waals surface area contributed by atoms with Crippen molar-refractivity contribution < 1.29 is 0 Å². The molecular weight excluding hydrogens is 715 g/mol. The number of anilines is 6. The molecule has 0 radical (unpaired) electrons. The summed E-state index contributed by atoms with van der Waals surface area (Å²) in [6, 6.07) is 85.3. The van der Waals surface area contributed by atoms with Gasteiger partial charge >= 0.3 is 0 Å². The Hall–Kier alpha value is -7.88. The molecule has 11 rings (SSSR count). The van der Waals surface area contributed by atoms with Gasteiger partial charge in [-0.25, -0.2) is 0 Å². The van der Waals surface area contributed by atoms with Gasteiger partial charge in [0.15, 0.2) is 0 Å². The van der Waals surface area contributed by atoms with Gasteiger partial charge in [-0.1, -0.05) is 146 Å². The second kappa shape index (κ2) is 14.6. The standard InChI is InChI=1S/C56H39N3/c1-6-20-41(21-7-1)57(42-22-8-2-9-23-42)46-35-37-53(58(43-24-10-3-11-25-43)44-26-12-4-13-27-44)51(39-46)40-34-36-54-52(38-40)55-49-32-18-16-30-47(49)48-31-17-19-33-50(48)56(55)59(54)45-28-14-5-15-29-45/h1-39H. The first-order chi connectivity index (χ1) is 29.3. The Kier molecular flexibility index (Phi) is 8.49. The average molecular weight is 754 g/mol. The molecule has 0 aliphatic carbocycles. The highest BCUT2D eigenvalue weighted by Crippen LogP contribution is 2.48. The SMILES string of the molecule is c1ccc(N(c2ccccc2)c2ccc(N(c3ccccc3)c3ccccc3)c(-c3ccc4c(c3)c3c5ccccc5c5ccccc5c3n4-c3ccccc3)c2)cc1. The van der Waals surface area contributed by atoms with Crippen LogP contribution in [0.25, 0.3) is 60.2 Å². The van der Waals surface area contributed by atoms with Crippen LogP contribution in [0.15, 0.2) is 237 Å². The molecule has 1 heterocycles. The highest BCUT2D eigenvalue weighted by molar-refractivity contribution is 6.32. The fourth-order valence-corrected chi connectivity index (χ4v) is 8.96. The van der Waals surface area contributed by atoms with Crippen molar-refractivity contribution in [1.82, 2.24) is 4.57 Å². The van der Waals surface area contributed by atoms with Gasteiger partial charge in [-0.3, -0.25) is 0 Å². The number of hydrogen-bond acceptors (Lipinski definition) is 2. The second-order valence-corrected chi connectivity index (χ2v) is 14.9. The van der Waals surface area contributed by atoms with E-state index in [4.69, 9.17) is 0 Å². The van der Waals surface area contributed by atoms with E-state index in [1.165, 1.54) is 43.4 Å². The van der Waals surface area contributed by atoms with E-state index in [-0.39, 0.29) is 0 Å². The molecule has 0 N–H and O–H groups in total. The van der Waals surface area contributed by atoms with Crippen molar-refractivity contribution in [2.45, 2.75) is 0 Å². The van der Waals surface area contributed by atoms with Crippen molar-refractivity contribution in [3.8, 4) is 16.8 Å². The zero-order valence-electron chi connectivity index (χ0n) is 32.4. The smallest absolute Gasteiger partial charge is 0.0625 e. The summed E-state index contributed by atoms with van der Waals surface area (Å²) in [6.07, 6.45) is 0. The number of aromatic nitrogens is 1. The van der Waals surface area contributed by atoms with E-state index in [0.29, 0.717) is 0 Å². The van der Waals surface area contributed by atoms with Gasteiger partial charge in [0.05, 0.1) is 16.7 Å². The van der Waals surface area contributed by atoms with E-state index < -0.39 is 0 Å². The maximum absolute atomic E-state index is 2.47. The Morgan fingerprint density at radius 3 is 1.32 bits per heavy atom. The van der Waals surface area contributed by atoms with Crippen LogP contribution in [0, 0.1) is 0 Å². The van der Waals surface area contributed by atoms with Crippen LogP contribution in [0.2, 0.25) is 0 Å². The van der Waals surface area contributed by atoms with Gasteiger partial charge in [-0.05, 0) is 113 Å². The topological polar surface area (TPSA) is 11.4 Å². The van der Waals surface area contributed by atoms with E-state index in [1.54, 1.807) is 0 Å². The van der Waals surface area contributed by atoms with Crippen LogP contribution in [0.3, 0.4) is 0 Å². The van der Waals surface area contributed by atoms with Gasteiger partial charge in [0.2, 0.25) is 0 Å². The molecule has 3 nitrogen and oxygen atoms in total. The molecular formula is C56H39N3. The predicted molar refractivity (Wildman–Crippen MR) is 251 cm³/mol. The molecule has 10 aromatic carbocycles. The van der Waals surface area contributed by atoms with Crippen molar-refractivity contribution in [1.29, 1.82) is 0 Å². The molecule has 0 fully saturated rings. The highest BCUT2D eigenvalue weighted by Gasteiger charge is 2.23. The third-order valence-corrected chi connectivity index (χ3v) is 11.5. The predicted octanol–water partition coefficient (Wildman–Crippen LogP) is 15.7. The Bertz CT molecular complexity index is 3170. The Labute approximate surface area is 343 Å². The summed E-state index contributed by atoms with van der Waals surface area (Å²) in [5, 5.41) is 7.49. The molecule has 278 valence electrons. The first kappa shape index (κ1) is 34.4. The van der Waals surface area contributed by atoms with Crippen LogP contribution in [0.1, 0.15) is 0 Å². The van der Waals surface area contributed by atoms with Crippen LogP contribution in [0.5, 0.6) is 0 Å². The number of rotatable bonds is 8. The molecule has 0 unspecified atom stereocenters. The van der Waals surface area contributed by atoms with Gasteiger partial charge in [-0.2, -0.15) is 0 Å². The lowest BCUT2D eigenvalue weighted by Crippen LogP contribution is -2.13. The van der Waals surface area contributed by atoms with E-state index >= 15 is 0 Å². The molecule has 0 atom stereocenters. The summed E-state index contributed by atoms with van der Waals surface area (Å²) in [4.78, 5) is 4.73. The summed E-state index contributed by atoms with van der Waals surface area (Å²) in [6.45, 7) is 0. The van der Waals surface area contributed by atoms with Crippen LogP contribution in [-0.4, -0.2) is 4.57 Å².